The molecule has 1 aromatic heterocycles. The number of rotatable bonds is 4. The van der Waals surface area contributed by atoms with Gasteiger partial charge in [0.1, 0.15) is 11.5 Å². The van der Waals surface area contributed by atoms with Crippen LogP contribution < -0.4 is 0 Å². The molecule has 1 N–H and O–H groups in total. The van der Waals surface area contributed by atoms with Crippen LogP contribution in [-0.2, 0) is 15.6 Å². The van der Waals surface area contributed by atoms with E-state index in [1.165, 1.54) is 19.3 Å². The molecular weight excluding hydrogens is 290 g/mol. The van der Waals surface area contributed by atoms with Crippen molar-refractivity contribution in [2.75, 3.05) is 0 Å². The number of aliphatic hydroxyl groups is 1. The van der Waals surface area contributed by atoms with Gasteiger partial charge >= 0.3 is 0 Å². The molecule has 3 rings (SSSR count). The van der Waals surface area contributed by atoms with Crippen molar-refractivity contribution in [3.63, 3.8) is 0 Å². The predicted molar refractivity (Wildman–Crippen MR) is 78.6 cm³/mol. The van der Waals surface area contributed by atoms with E-state index < -0.39 is 21.2 Å². The molecule has 0 amide bonds. The number of nitrogens with zero attached hydrogens (tertiary/aromatic N) is 1. The lowest BCUT2D eigenvalue weighted by molar-refractivity contribution is 0.183. The first-order valence-electron chi connectivity index (χ1n) is 7.89. The van der Waals surface area contributed by atoms with E-state index in [0.29, 0.717) is 31.1 Å². The molecule has 1 heterocycles. The Morgan fingerprint density at radius 2 is 1.95 bits per heavy atom. The van der Waals surface area contributed by atoms with Gasteiger partial charge in [-0.1, -0.05) is 19.3 Å². The first-order chi connectivity index (χ1) is 10.0. The highest BCUT2D eigenvalue weighted by Gasteiger charge is 2.34. The van der Waals surface area contributed by atoms with E-state index in [-0.39, 0.29) is 5.75 Å². The minimum Gasteiger partial charge on any atom is -0.444 e. The van der Waals surface area contributed by atoms with Gasteiger partial charge in [0.05, 0.1) is 17.6 Å². The highest BCUT2D eigenvalue weighted by atomic mass is 32.2. The van der Waals surface area contributed by atoms with Gasteiger partial charge in [-0.05, 0) is 32.1 Å². The molecule has 5 nitrogen and oxygen atoms in total. The average molecular weight is 313 g/mol. The third-order valence-electron chi connectivity index (χ3n) is 4.77. The van der Waals surface area contributed by atoms with E-state index >= 15 is 0 Å². The zero-order valence-corrected chi connectivity index (χ0v) is 13.0. The average Bonchev–Trinajstić information content (AvgIpc) is 3.09. The Morgan fingerprint density at radius 1 is 1.19 bits per heavy atom. The van der Waals surface area contributed by atoms with E-state index in [2.05, 4.69) is 4.98 Å². The highest BCUT2D eigenvalue weighted by Crippen LogP contribution is 2.33. The van der Waals surface area contributed by atoms with Crippen LogP contribution in [0.1, 0.15) is 68.9 Å². The molecule has 0 aromatic carbocycles. The molecule has 0 saturated heterocycles. The molecular formula is C15H23NO4S. The summed E-state index contributed by atoms with van der Waals surface area (Å²) in [6, 6.07) is 0. The summed E-state index contributed by atoms with van der Waals surface area (Å²) in [5, 5.41) is 9.05. The Hall–Kier alpha value is -0.880. The van der Waals surface area contributed by atoms with Crippen molar-refractivity contribution in [1.29, 1.82) is 0 Å². The second-order valence-electron chi connectivity index (χ2n) is 6.39. The Kier molecular flexibility index (Phi) is 4.36. The Balaban J connectivity index is 1.66. The van der Waals surface area contributed by atoms with E-state index in [1.54, 1.807) is 6.20 Å². The van der Waals surface area contributed by atoms with Crippen molar-refractivity contribution in [2.45, 2.75) is 74.4 Å². The SMILES string of the molecule is O=S(=O)(Cc1ncc(C2CCCCC2)o1)C1CCC(O)C1. The van der Waals surface area contributed by atoms with Crippen LogP contribution in [-0.4, -0.2) is 29.9 Å². The molecule has 2 aliphatic carbocycles. The van der Waals surface area contributed by atoms with Crippen LogP contribution in [0.25, 0.3) is 0 Å². The van der Waals surface area contributed by atoms with Crippen LogP contribution in [0.3, 0.4) is 0 Å². The number of aliphatic hydroxyl groups excluding tert-OH is 1. The minimum atomic E-state index is -3.28. The summed E-state index contributed by atoms with van der Waals surface area (Å²) in [6.45, 7) is 0. The minimum absolute atomic E-state index is 0.142. The van der Waals surface area contributed by atoms with Crippen LogP contribution in [0.4, 0.5) is 0 Å². The van der Waals surface area contributed by atoms with E-state index in [9.17, 15) is 13.5 Å². The van der Waals surface area contributed by atoms with Crippen LogP contribution in [0, 0.1) is 0 Å². The smallest absolute Gasteiger partial charge is 0.209 e. The number of hydrogen-bond acceptors (Lipinski definition) is 5. The molecule has 2 unspecified atom stereocenters. The fourth-order valence-electron chi connectivity index (χ4n) is 3.50. The fourth-order valence-corrected chi connectivity index (χ4v) is 5.22. The molecule has 0 bridgehead atoms. The van der Waals surface area contributed by atoms with Crippen molar-refractivity contribution in [1.82, 2.24) is 4.98 Å². The molecule has 2 atom stereocenters. The van der Waals surface area contributed by atoms with Gasteiger partial charge in [-0.15, -0.1) is 0 Å². The van der Waals surface area contributed by atoms with Crippen LogP contribution in [0.15, 0.2) is 10.6 Å². The van der Waals surface area contributed by atoms with Crippen molar-refractivity contribution < 1.29 is 17.9 Å². The molecule has 21 heavy (non-hydrogen) atoms. The second-order valence-corrected chi connectivity index (χ2v) is 8.67. The number of aromatic nitrogens is 1. The number of hydrogen-bond donors (Lipinski definition) is 1. The summed E-state index contributed by atoms with van der Waals surface area (Å²) in [5.41, 5.74) is 0. The van der Waals surface area contributed by atoms with Crippen LogP contribution >= 0.6 is 0 Å². The lowest BCUT2D eigenvalue weighted by Gasteiger charge is -2.18. The van der Waals surface area contributed by atoms with Gasteiger partial charge in [0.25, 0.3) is 0 Å². The lowest BCUT2D eigenvalue weighted by atomic mass is 9.88. The number of oxazole rings is 1. The summed E-state index contributed by atoms with van der Waals surface area (Å²) < 4.78 is 30.3. The molecule has 1 aromatic rings. The van der Waals surface area contributed by atoms with Gasteiger partial charge in [0.15, 0.2) is 9.84 Å². The standard InChI is InChI=1S/C15H23NO4S/c17-12-6-7-13(8-12)21(18,19)10-15-16-9-14(20-15)11-4-2-1-3-5-11/h9,11-13,17H,1-8,10H2. The Bertz CT molecular complexity index is 574. The predicted octanol–water partition coefficient (Wildman–Crippen LogP) is 2.55. The van der Waals surface area contributed by atoms with Gasteiger partial charge in [0.2, 0.25) is 5.89 Å². The highest BCUT2D eigenvalue weighted by molar-refractivity contribution is 7.91. The third-order valence-corrected chi connectivity index (χ3v) is 6.86. The van der Waals surface area contributed by atoms with Crippen molar-refractivity contribution in [3.8, 4) is 0 Å². The molecule has 6 heteroatoms. The van der Waals surface area contributed by atoms with Crippen LogP contribution in [0.2, 0.25) is 0 Å². The summed E-state index contributed by atoms with van der Waals surface area (Å²) >= 11 is 0. The fraction of sp³-hybridized carbons (Fsp3) is 0.800. The number of sulfone groups is 1. The van der Waals surface area contributed by atoms with Gasteiger partial charge in [0, 0.05) is 5.92 Å². The molecule has 0 aliphatic heterocycles. The van der Waals surface area contributed by atoms with E-state index in [4.69, 9.17) is 4.42 Å². The first-order valence-corrected chi connectivity index (χ1v) is 9.60. The van der Waals surface area contributed by atoms with Crippen molar-refractivity contribution in [3.05, 3.63) is 17.8 Å². The Morgan fingerprint density at radius 3 is 2.62 bits per heavy atom. The maximum atomic E-state index is 12.3. The molecule has 0 radical (unpaired) electrons. The van der Waals surface area contributed by atoms with Gasteiger partial charge < -0.3 is 9.52 Å². The van der Waals surface area contributed by atoms with Gasteiger partial charge in [-0.2, -0.15) is 0 Å². The summed E-state index contributed by atoms with van der Waals surface area (Å²) in [6.07, 6.45) is 8.58. The zero-order valence-electron chi connectivity index (χ0n) is 12.2. The van der Waals surface area contributed by atoms with Gasteiger partial charge in [-0.3, -0.25) is 0 Å². The normalized spacial score (nSPS) is 28.0. The quantitative estimate of drug-likeness (QED) is 0.924. The third kappa shape index (κ3) is 3.48. The Labute approximate surface area is 125 Å². The van der Waals surface area contributed by atoms with E-state index in [0.717, 1.165) is 18.6 Å². The second kappa shape index (κ2) is 6.08. The lowest BCUT2D eigenvalue weighted by Crippen LogP contribution is -2.21. The topological polar surface area (TPSA) is 80.4 Å². The first kappa shape index (κ1) is 15.0. The largest absolute Gasteiger partial charge is 0.444 e. The van der Waals surface area contributed by atoms with E-state index in [1.807, 2.05) is 0 Å². The zero-order chi connectivity index (χ0) is 14.9. The van der Waals surface area contributed by atoms with Crippen LogP contribution in [0.5, 0.6) is 0 Å². The maximum Gasteiger partial charge on any atom is 0.209 e. The molecule has 2 saturated carbocycles. The summed E-state index contributed by atoms with van der Waals surface area (Å²) in [7, 11) is -3.28. The summed E-state index contributed by atoms with van der Waals surface area (Å²) in [4.78, 5) is 4.16. The van der Waals surface area contributed by atoms with Gasteiger partial charge in [-0.25, -0.2) is 13.4 Å². The maximum absolute atomic E-state index is 12.3. The molecule has 2 fully saturated rings. The molecule has 2 aliphatic rings. The monoisotopic (exact) mass is 313 g/mol. The van der Waals surface area contributed by atoms with Crippen molar-refractivity contribution in [2.24, 2.45) is 0 Å². The summed E-state index contributed by atoms with van der Waals surface area (Å²) in [5.74, 6) is 1.40. The van der Waals surface area contributed by atoms with Crippen molar-refractivity contribution >= 4 is 9.84 Å². The molecule has 118 valence electrons. The molecule has 0 spiro atoms.